The fourth-order valence-electron chi connectivity index (χ4n) is 1.03. The summed E-state index contributed by atoms with van der Waals surface area (Å²) in [7, 11) is 3.45. The molecule has 0 saturated carbocycles. The molecule has 80 valence electrons. The first-order chi connectivity index (χ1) is 7.13. The number of carbonyl (C=O) groups is 1. The molecule has 0 bridgehead atoms. The molecule has 2 nitrogen and oxygen atoms in total. The summed E-state index contributed by atoms with van der Waals surface area (Å²) in [6, 6.07) is 7.79. The topological polar surface area (TPSA) is 20.3 Å². The van der Waals surface area contributed by atoms with Crippen LogP contribution in [0.25, 0.3) is 6.08 Å². The van der Waals surface area contributed by atoms with Crippen molar-refractivity contribution in [2.24, 2.45) is 0 Å². The van der Waals surface area contributed by atoms with Crippen LogP contribution in [-0.4, -0.2) is 24.9 Å². The van der Waals surface area contributed by atoms with Crippen LogP contribution in [0.5, 0.6) is 0 Å². The molecular weight excluding hydrogens is 210 g/mol. The largest absolute Gasteiger partial charge is 0.345 e. The number of carbonyl (C=O) groups excluding carboxylic acids is 1. The van der Waals surface area contributed by atoms with Crippen molar-refractivity contribution in [3.8, 4) is 0 Å². The third-order valence-electron chi connectivity index (χ3n) is 1.99. The van der Waals surface area contributed by atoms with Gasteiger partial charge in [-0.3, -0.25) is 4.79 Å². The second kappa shape index (κ2) is 5.56. The van der Waals surface area contributed by atoms with Crippen LogP contribution < -0.4 is 0 Å². The lowest BCUT2D eigenvalue weighted by molar-refractivity contribution is -0.123. The van der Waals surface area contributed by atoms with Gasteiger partial charge >= 0.3 is 0 Å². The first-order valence-corrected chi connectivity index (χ1v) is 5.21. The molecule has 0 fully saturated rings. The van der Waals surface area contributed by atoms with Crippen molar-refractivity contribution in [2.75, 3.05) is 14.1 Å². The van der Waals surface area contributed by atoms with E-state index in [4.69, 9.17) is 11.6 Å². The van der Waals surface area contributed by atoms with Crippen LogP contribution in [-0.2, 0) is 10.7 Å². The van der Waals surface area contributed by atoms with Crippen molar-refractivity contribution in [2.45, 2.75) is 5.88 Å². The summed E-state index contributed by atoms with van der Waals surface area (Å²) in [5.41, 5.74) is 2.08. The summed E-state index contributed by atoms with van der Waals surface area (Å²) < 4.78 is 0. The predicted octanol–water partition coefficient (Wildman–Crippen LogP) is 2.53. The number of hydrogen-bond acceptors (Lipinski definition) is 1. The zero-order chi connectivity index (χ0) is 11.3. The van der Waals surface area contributed by atoms with E-state index in [2.05, 4.69) is 0 Å². The molecule has 15 heavy (non-hydrogen) atoms. The standard InChI is InChI=1S/C12H14ClNO/c1-14(2)12(15)8-7-10-3-5-11(9-13)6-4-10/h3-8H,9H2,1-2H3/b8-7+. The second-order valence-corrected chi connectivity index (χ2v) is 3.71. The molecule has 1 aromatic rings. The molecule has 0 unspecified atom stereocenters. The van der Waals surface area contributed by atoms with Crippen molar-refractivity contribution < 1.29 is 4.79 Å². The molecular formula is C12H14ClNO. The highest BCUT2D eigenvalue weighted by molar-refractivity contribution is 6.17. The zero-order valence-corrected chi connectivity index (χ0v) is 9.66. The smallest absolute Gasteiger partial charge is 0.246 e. The molecule has 0 spiro atoms. The van der Waals surface area contributed by atoms with E-state index in [0.29, 0.717) is 5.88 Å². The van der Waals surface area contributed by atoms with Gasteiger partial charge in [-0.05, 0) is 17.2 Å². The van der Waals surface area contributed by atoms with Crippen molar-refractivity contribution in [3.63, 3.8) is 0 Å². The average Bonchev–Trinajstić information content (AvgIpc) is 2.26. The molecule has 0 aliphatic heterocycles. The normalized spacial score (nSPS) is 10.6. The lowest BCUT2D eigenvalue weighted by Gasteiger charge is -2.05. The number of benzene rings is 1. The maximum atomic E-state index is 11.3. The van der Waals surface area contributed by atoms with Crippen LogP contribution in [0.2, 0.25) is 0 Å². The van der Waals surface area contributed by atoms with Crippen molar-refractivity contribution in [1.82, 2.24) is 4.90 Å². The van der Waals surface area contributed by atoms with Gasteiger partial charge in [0, 0.05) is 26.1 Å². The van der Waals surface area contributed by atoms with Gasteiger partial charge in [0.05, 0.1) is 0 Å². The molecule has 0 heterocycles. The quantitative estimate of drug-likeness (QED) is 0.570. The Balaban J connectivity index is 2.69. The number of likely N-dealkylation sites (N-methyl/N-ethyl adjacent to an activating group) is 1. The van der Waals surface area contributed by atoms with Crippen molar-refractivity contribution in [3.05, 3.63) is 41.5 Å². The highest BCUT2D eigenvalue weighted by Gasteiger charge is 1.96. The van der Waals surface area contributed by atoms with E-state index in [1.165, 1.54) is 4.90 Å². The molecule has 0 aromatic heterocycles. The van der Waals surface area contributed by atoms with Crippen LogP contribution in [0, 0.1) is 0 Å². The van der Waals surface area contributed by atoms with E-state index in [-0.39, 0.29) is 5.91 Å². The van der Waals surface area contributed by atoms with Gasteiger partial charge in [-0.25, -0.2) is 0 Å². The van der Waals surface area contributed by atoms with Gasteiger partial charge in [-0.1, -0.05) is 24.3 Å². The Morgan fingerprint density at radius 2 is 1.93 bits per heavy atom. The summed E-state index contributed by atoms with van der Waals surface area (Å²) >= 11 is 5.67. The third kappa shape index (κ3) is 3.76. The minimum atomic E-state index is -0.0172. The number of alkyl halides is 1. The second-order valence-electron chi connectivity index (χ2n) is 3.44. The number of hydrogen-bond donors (Lipinski definition) is 0. The minimum absolute atomic E-state index is 0.0172. The van der Waals surface area contributed by atoms with Gasteiger partial charge in [0.25, 0.3) is 0 Å². The summed E-state index contributed by atoms with van der Waals surface area (Å²) in [6.07, 6.45) is 3.34. The number of halogens is 1. The molecule has 0 saturated heterocycles. The molecule has 0 aliphatic rings. The Kier molecular flexibility index (Phi) is 4.37. The van der Waals surface area contributed by atoms with Crippen molar-refractivity contribution in [1.29, 1.82) is 0 Å². The Bertz CT molecular complexity index is 354. The van der Waals surface area contributed by atoms with Gasteiger partial charge in [-0.2, -0.15) is 0 Å². The van der Waals surface area contributed by atoms with Gasteiger partial charge in [-0.15, -0.1) is 11.6 Å². The van der Waals surface area contributed by atoms with E-state index in [1.54, 1.807) is 26.2 Å². The molecule has 1 rings (SSSR count). The fraction of sp³-hybridized carbons (Fsp3) is 0.250. The van der Waals surface area contributed by atoms with Gasteiger partial charge in [0.1, 0.15) is 0 Å². The molecule has 0 aliphatic carbocycles. The molecule has 3 heteroatoms. The van der Waals surface area contributed by atoms with Crippen LogP contribution in [0.1, 0.15) is 11.1 Å². The monoisotopic (exact) mass is 223 g/mol. The highest BCUT2D eigenvalue weighted by Crippen LogP contribution is 2.08. The number of rotatable bonds is 3. The van der Waals surface area contributed by atoms with Crippen LogP contribution in [0.4, 0.5) is 0 Å². The Hall–Kier alpha value is -1.28. The summed E-state index contributed by atoms with van der Waals surface area (Å²) in [4.78, 5) is 12.8. The maximum absolute atomic E-state index is 11.3. The van der Waals surface area contributed by atoms with Gasteiger partial charge in [0.15, 0.2) is 0 Å². The third-order valence-corrected chi connectivity index (χ3v) is 2.30. The van der Waals surface area contributed by atoms with Gasteiger partial charge in [0.2, 0.25) is 5.91 Å². The summed E-state index contributed by atoms with van der Waals surface area (Å²) in [6.45, 7) is 0. The summed E-state index contributed by atoms with van der Waals surface area (Å²) in [5, 5.41) is 0. The van der Waals surface area contributed by atoms with Crippen LogP contribution in [0.15, 0.2) is 30.3 Å². The van der Waals surface area contributed by atoms with E-state index >= 15 is 0 Å². The Labute approximate surface area is 95.2 Å². The Morgan fingerprint density at radius 3 is 2.40 bits per heavy atom. The Morgan fingerprint density at radius 1 is 1.33 bits per heavy atom. The van der Waals surface area contributed by atoms with E-state index < -0.39 is 0 Å². The fourth-order valence-corrected chi connectivity index (χ4v) is 1.21. The lowest BCUT2D eigenvalue weighted by atomic mass is 10.1. The average molecular weight is 224 g/mol. The number of nitrogens with zero attached hydrogens (tertiary/aromatic N) is 1. The van der Waals surface area contributed by atoms with Gasteiger partial charge < -0.3 is 4.90 Å². The van der Waals surface area contributed by atoms with E-state index in [0.717, 1.165) is 11.1 Å². The first kappa shape index (κ1) is 11.8. The first-order valence-electron chi connectivity index (χ1n) is 4.68. The predicted molar refractivity (Wildman–Crippen MR) is 63.7 cm³/mol. The molecule has 1 aromatic carbocycles. The molecule has 0 atom stereocenters. The highest BCUT2D eigenvalue weighted by atomic mass is 35.5. The molecule has 1 amide bonds. The maximum Gasteiger partial charge on any atom is 0.246 e. The SMILES string of the molecule is CN(C)C(=O)/C=C/c1ccc(CCl)cc1. The van der Waals surface area contributed by atoms with E-state index in [1.807, 2.05) is 24.3 Å². The van der Waals surface area contributed by atoms with Crippen LogP contribution >= 0.6 is 11.6 Å². The number of amides is 1. The van der Waals surface area contributed by atoms with Crippen LogP contribution in [0.3, 0.4) is 0 Å². The lowest BCUT2D eigenvalue weighted by Crippen LogP contribution is -2.18. The summed E-state index contributed by atoms with van der Waals surface area (Å²) in [5.74, 6) is 0.497. The molecule has 0 radical (unpaired) electrons. The molecule has 0 N–H and O–H groups in total. The van der Waals surface area contributed by atoms with Crippen molar-refractivity contribution >= 4 is 23.6 Å². The van der Waals surface area contributed by atoms with E-state index in [9.17, 15) is 4.79 Å². The minimum Gasteiger partial charge on any atom is -0.345 e. The zero-order valence-electron chi connectivity index (χ0n) is 8.90.